The summed E-state index contributed by atoms with van der Waals surface area (Å²) in [5.74, 6) is -0.727. The molecule has 38 heavy (non-hydrogen) atoms. The van der Waals surface area contributed by atoms with Crippen LogP contribution in [0.4, 0.5) is 10.2 Å². The maximum Gasteiger partial charge on any atom is 0.255 e. The van der Waals surface area contributed by atoms with Gasteiger partial charge in [0.05, 0.1) is 16.8 Å². The van der Waals surface area contributed by atoms with Crippen LogP contribution in [0.15, 0.2) is 61.1 Å². The Morgan fingerprint density at radius 1 is 1.11 bits per heavy atom. The molecule has 2 aromatic heterocycles. The number of hydrogen-bond acceptors (Lipinski definition) is 5. The third-order valence-electron chi connectivity index (χ3n) is 6.71. The highest BCUT2D eigenvalue weighted by Crippen LogP contribution is 2.32. The standard InChI is InChI=1S/C28H26ClFN6O2/c1-16-9-17(3-5-22(16)23-6-4-20(30)11-25(23)29)28(38)36-8-7-21(15-36)34-27(37)24-10-18(12-32-26(24)31)19-13-33-35(2)14-19/h3-6,9-14,21H,7-8,15H2,1-2H3,(H2,31,32)(H,34,37)/t21-/m1/s1. The molecule has 1 atom stereocenters. The molecule has 3 N–H and O–H groups in total. The fourth-order valence-electron chi connectivity index (χ4n) is 4.70. The molecule has 8 nitrogen and oxygen atoms in total. The van der Waals surface area contributed by atoms with Crippen LogP contribution in [0.5, 0.6) is 0 Å². The molecule has 2 aromatic carbocycles. The highest BCUT2D eigenvalue weighted by atomic mass is 35.5. The zero-order valence-corrected chi connectivity index (χ0v) is 21.7. The molecule has 0 radical (unpaired) electrons. The maximum absolute atomic E-state index is 13.4. The first-order valence-corrected chi connectivity index (χ1v) is 12.5. The van der Waals surface area contributed by atoms with E-state index in [0.717, 1.165) is 22.3 Å². The number of anilines is 1. The first-order chi connectivity index (χ1) is 18.2. The van der Waals surface area contributed by atoms with Crippen LogP contribution in [0.3, 0.4) is 0 Å². The summed E-state index contributed by atoms with van der Waals surface area (Å²) in [6.45, 7) is 2.78. The summed E-state index contributed by atoms with van der Waals surface area (Å²) in [4.78, 5) is 32.1. The van der Waals surface area contributed by atoms with Gasteiger partial charge >= 0.3 is 0 Å². The van der Waals surface area contributed by atoms with Crippen LogP contribution in [-0.2, 0) is 7.05 Å². The fraction of sp³-hybridized carbons (Fsp3) is 0.214. The third-order valence-corrected chi connectivity index (χ3v) is 7.02. The lowest BCUT2D eigenvalue weighted by molar-refractivity contribution is 0.0783. The Morgan fingerprint density at radius 2 is 1.89 bits per heavy atom. The number of carbonyl (C=O) groups is 2. The van der Waals surface area contributed by atoms with E-state index in [9.17, 15) is 14.0 Å². The van der Waals surface area contributed by atoms with Crippen LogP contribution in [0.25, 0.3) is 22.3 Å². The summed E-state index contributed by atoms with van der Waals surface area (Å²) in [7, 11) is 1.81. The van der Waals surface area contributed by atoms with Crippen LogP contribution < -0.4 is 11.1 Å². The molecule has 1 aliphatic rings. The van der Waals surface area contributed by atoms with E-state index in [-0.39, 0.29) is 29.2 Å². The number of carbonyl (C=O) groups excluding carboxylic acids is 2. The zero-order chi connectivity index (χ0) is 27.0. The number of rotatable bonds is 5. The number of aromatic nitrogens is 3. The monoisotopic (exact) mass is 532 g/mol. The minimum Gasteiger partial charge on any atom is -0.383 e. The molecule has 0 bridgehead atoms. The number of amides is 2. The summed E-state index contributed by atoms with van der Waals surface area (Å²) in [5.41, 5.74) is 10.8. The highest BCUT2D eigenvalue weighted by Gasteiger charge is 2.29. The molecule has 5 rings (SSSR count). The number of halogens is 2. The lowest BCUT2D eigenvalue weighted by Crippen LogP contribution is -2.38. The van der Waals surface area contributed by atoms with Gasteiger partial charge in [-0.2, -0.15) is 5.10 Å². The second-order valence-corrected chi connectivity index (χ2v) is 9.83. The van der Waals surface area contributed by atoms with E-state index in [1.807, 2.05) is 26.2 Å². The molecular weight excluding hydrogens is 507 g/mol. The molecule has 0 spiro atoms. The summed E-state index contributed by atoms with van der Waals surface area (Å²) in [5, 5.41) is 7.46. The molecule has 10 heteroatoms. The Bertz CT molecular complexity index is 1550. The van der Waals surface area contributed by atoms with Crippen LogP contribution >= 0.6 is 11.6 Å². The molecule has 194 valence electrons. The van der Waals surface area contributed by atoms with Gasteiger partial charge in [-0.25, -0.2) is 9.37 Å². The third kappa shape index (κ3) is 5.10. The number of nitrogens with two attached hydrogens (primary N) is 1. The van der Waals surface area contributed by atoms with E-state index in [4.69, 9.17) is 17.3 Å². The van der Waals surface area contributed by atoms with Crippen molar-refractivity contribution in [2.45, 2.75) is 19.4 Å². The van der Waals surface area contributed by atoms with E-state index in [0.29, 0.717) is 35.7 Å². The van der Waals surface area contributed by atoms with E-state index in [1.165, 1.54) is 12.1 Å². The molecule has 0 saturated carbocycles. The van der Waals surface area contributed by atoms with E-state index >= 15 is 0 Å². The van der Waals surface area contributed by atoms with Crippen molar-refractivity contribution >= 4 is 29.2 Å². The molecule has 1 aliphatic heterocycles. The number of aryl methyl sites for hydroxylation is 2. The molecular formula is C28H26ClFN6O2. The molecule has 0 unspecified atom stereocenters. The van der Waals surface area contributed by atoms with Gasteiger partial charge in [-0.05, 0) is 60.9 Å². The first kappa shape index (κ1) is 25.4. The maximum atomic E-state index is 13.4. The Balaban J connectivity index is 1.26. The Morgan fingerprint density at radius 3 is 2.61 bits per heavy atom. The molecule has 4 aromatic rings. The quantitative estimate of drug-likeness (QED) is 0.394. The Labute approximate surface area is 224 Å². The van der Waals surface area contributed by atoms with Crippen molar-refractivity contribution in [3.05, 3.63) is 88.6 Å². The van der Waals surface area contributed by atoms with Crippen LogP contribution in [-0.4, -0.2) is 50.6 Å². The summed E-state index contributed by atoms with van der Waals surface area (Å²) in [6.07, 6.45) is 5.75. The van der Waals surface area contributed by atoms with Crippen LogP contribution in [0.1, 0.15) is 32.7 Å². The normalized spacial score (nSPS) is 15.1. The highest BCUT2D eigenvalue weighted by molar-refractivity contribution is 6.33. The van der Waals surface area contributed by atoms with Gasteiger partial charge in [0.25, 0.3) is 11.8 Å². The Kier molecular flexibility index (Phi) is 6.86. The van der Waals surface area contributed by atoms with Gasteiger partial charge in [-0.15, -0.1) is 0 Å². The van der Waals surface area contributed by atoms with Crippen molar-refractivity contribution in [2.24, 2.45) is 7.05 Å². The van der Waals surface area contributed by atoms with E-state index in [1.54, 1.807) is 46.2 Å². The lowest BCUT2D eigenvalue weighted by Gasteiger charge is -2.18. The van der Waals surface area contributed by atoms with E-state index < -0.39 is 5.82 Å². The van der Waals surface area contributed by atoms with Gasteiger partial charge in [0.2, 0.25) is 0 Å². The lowest BCUT2D eigenvalue weighted by atomic mass is 9.98. The largest absolute Gasteiger partial charge is 0.383 e. The number of likely N-dealkylation sites (tertiary alicyclic amines) is 1. The van der Waals surface area contributed by atoms with Gasteiger partial charge in [-0.3, -0.25) is 14.3 Å². The number of pyridine rings is 1. The van der Waals surface area contributed by atoms with Gasteiger partial charge < -0.3 is 16.0 Å². The average molecular weight is 533 g/mol. The molecule has 0 aliphatic carbocycles. The van der Waals surface area contributed by atoms with Gasteiger partial charge in [0, 0.05) is 60.8 Å². The van der Waals surface area contributed by atoms with Crippen molar-refractivity contribution < 1.29 is 14.0 Å². The van der Waals surface area contributed by atoms with Crippen LogP contribution in [0, 0.1) is 12.7 Å². The minimum atomic E-state index is -0.404. The molecule has 1 fully saturated rings. The SMILES string of the molecule is Cc1cc(C(=O)N2CC[C@@H](NC(=O)c3cc(-c4cnn(C)c4)cnc3N)C2)ccc1-c1ccc(F)cc1Cl. The number of nitrogen functional groups attached to an aromatic ring is 1. The number of hydrogen-bond donors (Lipinski definition) is 2. The molecule has 1 saturated heterocycles. The van der Waals surface area contributed by atoms with Gasteiger partial charge in [0.15, 0.2) is 0 Å². The van der Waals surface area contributed by atoms with Gasteiger partial charge in [-0.1, -0.05) is 17.7 Å². The van der Waals surface area contributed by atoms with E-state index in [2.05, 4.69) is 15.4 Å². The number of nitrogens with zero attached hydrogens (tertiary/aromatic N) is 4. The number of benzene rings is 2. The second kappa shape index (κ2) is 10.3. The van der Waals surface area contributed by atoms with Crippen molar-refractivity contribution in [3.8, 4) is 22.3 Å². The first-order valence-electron chi connectivity index (χ1n) is 12.1. The van der Waals surface area contributed by atoms with Crippen LogP contribution in [0.2, 0.25) is 5.02 Å². The second-order valence-electron chi connectivity index (χ2n) is 9.42. The summed E-state index contributed by atoms with van der Waals surface area (Å²) in [6, 6.07) is 11.1. The summed E-state index contributed by atoms with van der Waals surface area (Å²) < 4.78 is 15.1. The van der Waals surface area contributed by atoms with Crippen molar-refractivity contribution in [1.82, 2.24) is 25.0 Å². The topological polar surface area (TPSA) is 106 Å². The Hall–Kier alpha value is -4.24. The number of nitrogens with one attached hydrogen (secondary N) is 1. The predicted octanol–water partition coefficient (Wildman–Crippen LogP) is 4.48. The summed E-state index contributed by atoms with van der Waals surface area (Å²) >= 11 is 6.23. The molecule has 3 heterocycles. The van der Waals surface area contributed by atoms with Crippen molar-refractivity contribution in [2.75, 3.05) is 18.8 Å². The molecule has 2 amide bonds. The smallest absolute Gasteiger partial charge is 0.255 e. The predicted molar refractivity (Wildman–Crippen MR) is 144 cm³/mol. The van der Waals surface area contributed by atoms with Crippen molar-refractivity contribution in [3.63, 3.8) is 0 Å². The van der Waals surface area contributed by atoms with Gasteiger partial charge in [0.1, 0.15) is 11.6 Å². The fourth-order valence-corrected chi connectivity index (χ4v) is 4.97. The minimum absolute atomic E-state index is 0.124. The average Bonchev–Trinajstić information content (AvgIpc) is 3.53. The van der Waals surface area contributed by atoms with Crippen molar-refractivity contribution in [1.29, 1.82) is 0 Å². The zero-order valence-electron chi connectivity index (χ0n) is 20.9.